The molecule has 3 rings (SSSR count). The van der Waals surface area contributed by atoms with Gasteiger partial charge in [0.25, 0.3) is 0 Å². The van der Waals surface area contributed by atoms with E-state index in [4.69, 9.17) is 0 Å². The summed E-state index contributed by atoms with van der Waals surface area (Å²) < 4.78 is 2.06. The van der Waals surface area contributed by atoms with Crippen LogP contribution in [-0.2, 0) is 13.6 Å². The van der Waals surface area contributed by atoms with Gasteiger partial charge in [-0.3, -0.25) is 4.99 Å². The van der Waals surface area contributed by atoms with Gasteiger partial charge in [-0.15, -0.1) is 24.0 Å². The summed E-state index contributed by atoms with van der Waals surface area (Å²) in [5.74, 6) is 2.09. The Morgan fingerprint density at radius 2 is 1.92 bits per heavy atom. The van der Waals surface area contributed by atoms with Gasteiger partial charge < -0.3 is 14.8 Å². The van der Waals surface area contributed by atoms with Gasteiger partial charge in [0.05, 0.1) is 6.54 Å². The zero-order valence-electron chi connectivity index (χ0n) is 15.1. The maximum atomic E-state index is 4.54. The monoisotopic (exact) mass is 445 g/mol. The molecule has 5 nitrogen and oxygen atoms in total. The maximum absolute atomic E-state index is 4.54. The van der Waals surface area contributed by atoms with Crippen LogP contribution in [0.4, 0.5) is 0 Å². The van der Waals surface area contributed by atoms with Gasteiger partial charge in [0.1, 0.15) is 5.82 Å². The number of hydrogen-bond donors (Lipinski definition) is 1. The van der Waals surface area contributed by atoms with E-state index in [0.717, 1.165) is 24.9 Å². The molecule has 1 saturated carbocycles. The molecule has 1 aromatic rings. The average molecular weight is 445 g/mol. The quantitative estimate of drug-likeness (QED) is 0.430. The summed E-state index contributed by atoms with van der Waals surface area (Å²) in [6.07, 6.45) is 15.0. The number of nitrogens with one attached hydrogen (secondary N) is 1. The number of likely N-dealkylation sites (tertiary alicyclic amines) is 1. The SMILES string of the molecule is CN=C(NCc1nccn1C)N1CCCC2(CCCCCC2)C1.I. The van der Waals surface area contributed by atoms with Crippen LogP contribution in [0.15, 0.2) is 17.4 Å². The Bertz CT molecular complexity index is 531. The summed E-state index contributed by atoms with van der Waals surface area (Å²) in [6.45, 7) is 3.04. The van der Waals surface area contributed by atoms with Crippen molar-refractivity contribution in [3.63, 3.8) is 0 Å². The van der Waals surface area contributed by atoms with Gasteiger partial charge in [0, 0.05) is 39.6 Å². The summed E-state index contributed by atoms with van der Waals surface area (Å²) >= 11 is 0. The molecule has 2 fully saturated rings. The first-order chi connectivity index (χ1) is 11.2. The number of aliphatic imine (C=N–C) groups is 1. The number of halogens is 1. The predicted molar refractivity (Wildman–Crippen MR) is 110 cm³/mol. The molecule has 1 aromatic heterocycles. The molecule has 0 bridgehead atoms. The zero-order chi connectivity index (χ0) is 16.1. The van der Waals surface area contributed by atoms with E-state index >= 15 is 0 Å². The van der Waals surface area contributed by atoms with Crippen molar-refractivity contribution >= 4 is 29.9 Å². The minimum Gasteiger partial charge on any atom is -0.349 e. The molecule has 1 saturated heterocycles. The Labute approximate surface area is 163 Å². The second-order valence-corrected chi connectivity index (χ2v) is 7.29. The summed E-state index contributed by atoms with van der Waals surface area (Å²) in [5.41, 5.74) is 0.537. The highest BCUT2D eigenvalue weighted by Crippen LogP contribution is 2.42. The largest absolute Gasteiger partial charge is 0.349 e. The molecule has 0 aromatic carbocycles. The van der Waals surface area contributed by atoms with Crippen LogP contribution in [0.1, 0.15) is 57.2 Å². The number of aryl methyl sites for hydroxylation is 1. The van der Waals surface area contributed by atoms with Crippen molar-refractivity contribution in [2.24, 2.45) is 17.5 Å². The highest BCUT2D eigenvalue weighted by atomic mass is 127. The van der Waals surface area contributed by atoms with Crippen LogP contribution in [0.25, 0.3) is 0 Å². The minimum atomic E-state index is 0. The highest BCUT2D eigenvalue weighted by Gasteiger charge is 2.36. The first kappa shape index (κ1) is 19.5. The van der Waals surface area contributed by atoms with Crippen molar-refractivity contribution in [3.05, 3.63) is 18.2 Å². The first-order valence-electron chi connectivity index (χ1n) is 9.14. The van der Waals surface area contributed by atoms with Gasteiger partial charge in [-0.2, -0.15) is 0 Å². The average Bonchev–Trinajstić information content (AvgIpc) is 2.84. The van der Waals surface area contributed by atoms with Gasteiger partial charge in [-0.25, -0.2) is 4.98 Å². The molecule has 24 heavy (non-hydrogen) atoms. The van der Waals surface area contributed by atoms with Crippen LogP contribution in [0.2, 0.25) is 0 Å². The third-order valence-corrected chi connectivity index (χ3v) is 5.66. The van der Waals surface area contributed by atoms with Crippen molar-refractivity contribution in [2.45, 2.75) is 57.9 Å². The van der Waals surface area contributed by atoms with E-state index in [-0.39, 0.29) is 24.0 Å². The fourth-order valence-electron chi connectivity index (χ4n) is 4.33. The van der Waals surface area contributed by atoms with Crippen molar-refractivity contribution < 1.29 is 0 Å². The fraction of sp³-hybridized carbons (Fsp3) is 0.778. The van der Waals surface area contributed by atoms with Crippen LogP contribution < -0.4 is 5.32 Å². The lowest BCUT2D eigenvalue weighted by molar-refractivity contribution is 0.115. The number of piperidine rings is 1. The van der Waals surface area contributed by atoms with E-state index in [9.17, 15) is 0 Å². The molecular weight excluding hydrogens is 413 g/mol. The van der Waals surface area contributed by atoms with Crippen molar-refractivity contribution in [3.8, 4) is 0 Å². The number of imidazole rings is 1. The Balaban J connectivity index is 0.00000208. The predicted octanol–water partition coefficient (Wildman–Crippen LogP) is 3.55. The fourth-order valence-corrected chi connectivity index (χ4v) is 4.33. The molecule has 0 atom stereocenters. The molecule has 0 radical (unpaired) electrons. The highest BCUT2D eigenvalue weighted by molar-refractivity contribution is 14.0. The van der Waals surface area contributed by atoms with Crippen LogP contribution in [-0.4, -0.2) is 40.5 Å². The number of nitrogens with zero attached hydrogens (tertiary/aromatic N) is 4. The smallest absolute Gasteiger partial charge is 0.194 e. The molecule has 0 unspecified atom stereocenters. The third-order valence-electron chi connectivity index (χ3n) is 5.66. The van der Waals surface area contributed by atoms with E-state index in [0.29, 0.717) is 5.41 Å². The number of guanidine groups is 1. The van der Waals surface area contributed by atoms with E-state index in [2.05, 4.69) is 24.8 Å². The van der Waals surface area contributed by atoms with Gasteiger partial charge in [0.15, 0.2) is 5.96 Å². The van der Waals surface area contributed by atoms with Gasteiger partial charge in [-0.05, 0) is 31.1 Å². The number of aromatic nitrogens is 2. The van der Waals surface area contributed by atoms with E-state index in [1.54, 1.807) is 0 Å². The van der Waals surface area contributed by atoms with Crippen LogP contribution in [0, 0.1) is 5.41 Å². The van der Waals surface area contributed by atoms with Crippen LogP contribution >= 0.6 is 24.0 Å². The van der Waals surface area contributed by atoms with Gasteiger partial charge in [0.2, 0.25) is 0 Å². The summed E-state index contributed by atoms with van der Waals surface area (Å²) in [6, 6.07) is 0. The molecule has 1 aliphatic carbocycles. The Kier molecular flexibility index (Phi) is 7.37. The Morgan fingerprint density at radius 3 is 2.54 bits per heavy atom. The van der Waals surface area contributed by atoms with E-state index < -0.39 is 0 Å². The summed E-state index contributed by atoms with van der Waals surface area (Å²) in [5, 5.41) is 3.51. The normalized spacial score (nSPS) is 21.2. The summed E-state index contributed by atoms with van der Waals surface area (Å²) in [7, 11) is 3.93. The molecule has 2 aliphatic rings. The van der Waals surface area contributed by atoms with E-state index in [1.165, 1.54) is 57.9 Å². The third kappa shape index (κ3) is 4.64. The molecule has 0 amide bonds. The van der Waals surface area contributed by atoms with Gasteiger partial charge >= 0.3 is 0 Å². The molecule has 6 heteroatoms. The summed E-state index contributed by atoms with van der Waals surface area (Å²) in [4.78, 5) is 11.4. The topological polar surface area (TPSA) is 45.5 Å². The molecule has 136 valence electrons. The standard InChI is InChI=1S/C18H31N5.HI/c1-19-17(21-14-16-20-11-13-22(16)2)23-12-7-10-18(15-23)8-5-3-4-6-9-18;/h11,13H,3-10,12,14-15H2,1-2H3,(H,19,21);1H. The second kappa shape index (κ2) is 9.06. The zero-order valence-corrected chi connectivity index (χ0v) is 17.5. The first-order valence-corrected chi connectivity index (χ1v) is 9.14. The Hall–Kier alpha value is -0.790. The van der Waals surface area contributed by atoms with E-state index in [1.807, 2.05) is 26.5 Å². The Morgan fingerprint density at radius 1 is 1.21 bits per heavy atom. The van der Waals surface area contributed by atoms with Crippen molar-refractivity contribution in [2.75, 3.05) is 20.1 Å². The molecule has 1 spiro atoms. The minimum absolute atomic E-state index is 0. The molecule has 1 N–H and O–H groups in total. The lowest BCUT2D eigenvalue weighted by atomic mass is 9.74. The molecule has 2 heterocycles. The second-order valence-electron chi connectivity index (χ2n) is 7.29. The molecular formula is C18H32IN5. The maximum Gasteiger partial charge on any atom is 0.194 e. The lowest BCUT2D eigenvalue weighted by Crippen LogP contribution is -2.50. The number of rotatable bonds is 2. The van der Waals surface area contributed by atoms with Crippen molar-refractivity contribution in [1.82, 2.24) is 19.8 Å². The lowest BCUT2D eigenvalue weighted by Gasteiger charge is -2.44. The number of hydrogen-bond acceptors (Lipinski definition) is 2. The van der Waals surface area contributed by atoms with Crippen LogP contribution in [0.3, 0.4) is 0 Å². The van der Waals surface area contributed by atoms with Crippen molar-refractivity contribution in [1.29, 1.82) is 0 Å². The molecule has 1 aliphatic heterocycles. The van der Waals surface area contributed by atoms with Gasteiger partial charge in [-0.1, -0.05) is 25.7 Å². The van der Waals surface area contributed by atoms with Crippen LogP contribution in [0.5, 0.6) is 0 Å².